The molecular formula is C5H12Si. The third-order valence-electron chi connectivity index (χ3n) is 0.957. The van der Waals surface area contributed by atoms with Gasteiger partial charge in [-0.05, 0) is 0 Å². The minimum absolute atomic E-state index is 0.582. The molecule has 1 aliphatic heterocycles. The first-order chi connectivity index (χ1) is 4.41. The molecule has 0 aromatic carbocycles. The second-order valence-electron chi connectivity index (χ2n) is 1.53. The van der Waals surface area contributed by atoms with Crippen molar-refractivity contribution in [1.29, 1.82) is 0 Å². The summed E-state index contributed by atoms with van der Waals surface area (Å²) in [5, 5.41) is 0. The van der Waals surface area contributed by atoms with Gasteiger partial charge in [0.05, 0.1) is 0 Å². The van der Waals surface area contributed by atoms with Gasteiger partial charge in [0.25, 0.3) is 0 Å². The summed E-state index contributed by atoms with van der Waals surface area (Å²) in [6.45, 7) is 0. The van der Waals surface area contributed by atoms with Crippen molar-refractivity contribution in [2.75, 3.05) is 0 Å². The van der Waals surface area contributed by atoms with Crippen LogP contribution < -0.4 is 0 Å². The largest absolute Gasteiger partial charge is 0.0628 e. The molecule has 0 aliphatic carbocycles. The van der Waals surface area contributed by atoms with Crippen molar-refractivity contribution in [1.82, 2.24) is 0 Å². The zero-order valence-corrected chi connectivity index (χ0v) is 5.24. The molecule has 1 fully saturated rings. The molecule has 0 N–H and O–H groups in total. The maximum absolute atomic E-state index is 7.37. The first-order valence-corrected chi connectivity index (χ1v) is 3.83. The van der Waals surface area contributed by atoms with Crippen LogP contribution in [0.4, 0.5) is 0 Å². The summed E-state index contributed by atoms with van der Waals surface area (Å²) >= 11 is 0. The Balaban J connectivity index is 2.56. The molecule has 6 heavy (non-hydrogen) atoms. The fourth-order valence-corrected chi connectivity index (χ4v) is 1.63. The molecule has 0 bridgehead atoms. The van der Waals surface area contributed by atoms with Gasteiger partial charge in [-0.1, -0.05) is 31.3 Å². The van der Waals surface area contributed by atoms with Gasteiger partial charge in [0, 0.05) is 15.0 Å². The first-order valence-electron chi connectivity index (χ1n) is 4.41. The second kappa shape index (κ2) is 2.40. The highest BCUT2D eigenvalue weighted by molar-refractivity contribution is 6.35. The van der Waals surface area contributed by atoms with Crippen molar-refractivity contribution in [3.05, 3.63) is 0 Å². The van der Waals surface area contributed by atoms with Gasteiger partial charge in [-0.15, -0.1) is 0 Å². The summed E-state index contributed by atoms with van der Waals surface area (Å²) in [6.07, 6.45) is 1.88. The van der Waals surface area contributed by atoms with Crippen molar-refractivity contribution in [2.24, 2.45) is 0 Å². The lowest BCUT2D eigenvalue weighted by Crippen LogP contribution is -1.94. The van der Waals surface area contributed by atoms with Gasteiger partial charge in [0.1, 0.15) is 0 Å². The van der Waals surface area contributed by atoms with Crippen LogP contribution in [0.25, 0.3) is 0 Å². The average molecular weight is 104 g/mol. The Hall–Kier alpha value is 0.217. The quantitative estimate of drug-likeness (QED) is 0.405. The summed E-state index contributed by atoms with van der Waals surface area (Å²) in [5.74, 6) is -2.25. The third-order valence-corrected chi connectivity index (χ3v) is 2.16. The van der Waals surface area contributed by atoms with Crippen molar-refractivity contribution in [2.45, 2.75) is 31.3 Å². The molecule has 1 aliphatic rings. The summed E-state index contributed by atoms with van der Waals surface area (Å²) in [4.78, 5) is 0. The maximum atomic E-state index is 7.37. The van der Waals surface area contributed by atoms with Crippen LogP contribution in [0.2, 0.25) is 12.0 Å². The van der Waals surface area contributed by atoms with E-state index in [0.717, 1.165) is 0 Å². The maximum Gasteiger partial charge on any atom is 0.0229 e. The van der Waals surface area contributed by atoms with Crippen LogP contribution in [0.15, 0.2) is 0 Å². The highest BCUT2D eigenvalue weighted by atomic mass is 28.2. The normalized spacial score (nSPS) is 50.7. The summed E-state index contributed by atoms with van der Waals surface area (Å²) in [7, 11) is -1.17. The van der Waals surface area contributed by atoms with E-state index in [1.165, 1.54) is 0 Å². The fourth-order valence-electron chi connectivity index (χ4n) is 0.604. The fraction of sp³-hybridized carbons (Fsp3) is 1.00. The zero-order chi connectivity index (χ0) is 7.83. The van der Waals surface area contributed by atoms with Gasteiger partial charge in [0.2, 0.25) is 0 Å². The third kappa shape index (κ3) is 1.13. The standard InChI is InChI=1S/C5H12Si/c1-2-4-6-5-3-1/h1-6H2/i4D2,5D2. The minimum Gasteiger partial charge on any atom is -0.0628 e. The predicted molar refractivity (Wildman–Crippen MR) is 32.0 cm³/mol. The van der Waals surface area contributed by atoms with Crippen molar-refractivity contribution in [3.63, 3.8) is 0 Å². The van der Waals surface area contributed by atoms with E-state index in [1.54, 1.807) is 0 Å². The van der Waals surface area contributed by atoms with Crippen LogP contribution in [-0.2, 0) is 0 Å². The molecule has 1 rings (SSSR count). The van der Waals surface area contributed by atoms with Crippen LogP contribution >= 0.6 is 0 Å². The van der Waals surface area contributed by atoms with Crippen molar-refractivity contribution >= 4 is 9.52 Å². The smallest absolute Gasteiger partial charge is 0.0229 e. The van der Waals surface area contributed by atoms with Crippen molar-refractivity contribution in [3.8, 4) is 0 Å². The van der Waals surface area contributed by atoms with Crippen LogP contribution in [-0.4, -0.2) is 9.52 Å². The molecule has 0 nitrogen and oxygen atoms in total. The Bertz CT molecular complexity index is 120. The molecule has 0 spiro atoms. The van der Waals surface area contributed by atoms with Gasteiger partial charge >= 0.3 is 0 Å². The van der Waals surface area contributed by atoms with E-state index in [9.17, 15) is 0 Å². The highest BCUT2D eigenvalue weighted by Crippen LogP contribution is 2.10. The molecule has 0 radical (unpaired) electrons. The van der Waals surface area contributed by atoms with E-state index >= 15 is 0 Å². The minimum atomic E-state index is -1.17. The molecule has 1 heterocycles. The topological polar surface area (TPSA) is 0 Å². The van der Waals surface area contributed by atoms with Crippen LogP contribution in [0, 0.1) is 0 Å². The molecular weight excluding hydrogens is 88.1 g/mol. The lowest BCUT2D eigenvalue weighted by molar-refractivity contribution is 0.734. The van der Waals surface area contributed by atoms with Crippen LogP contribution in [0.5, 0.6) is 0 Å². The summed E-state index contributed by atoms with van der Waals surface area (Å²) < 4.78 is 29.5. The molecule has 0 aromatic heterocycles. The zero-order valence-electron chi connectivity index (χ0n) is 7.83. The van der Waals surface area contributed by atoms with E-state index in [1.807, 2.05) is 0 Å². The molecule has 1 heteroatoms. The Morgan fingerprint density at radius 3 is 2.17 bits per heavy atom. The van der Waals surface area contributed by atoms with Crippen LogP contribution in [0.3, 0.4) is 0 Å². The molecule has 0 saturated carbocycles. The molecule has 36 valence electrons. The number of hydrogen-bond acceptors (Lipinski definition) is 0. The van der Waals surface area contributed by atoms with E-state index < -0.39 is 21.5 Å². The van der Waals surface area contributed by atoms with Gasteiger partial charge in [-0.3, -0.25) is 0 Å². The van der Waals surface area contributed by atoms with E-state index in [-0.39, 0.29) is 0 Å². The van der Waals surface area contributed by atoms with Gasteiger partial charge in [0.15, 0.2) is 0 Å². The highest BCUT2D eigenvalue weighted by Gasteiger charge is 1.96. The Kier molecular flexibility index (Phi) is 0.648. The lowest BCUT2D eigenvalue weighted by Gasteiger charge is -2.04. The predicted octanol–water partition coefficient (Wildman–Crippen LogP) is 1.18. The first kappa shape index (κ1) is 1.62. The van der Waals surface area contributed by atoms with Gasteiger partial charge in [-0.2, -0.15) is 0 Å². The molecule has 0 unspecified atom stereocenters. The molecule has 0 atom stereocenters. The SMILES string of the molecule is [2H]C1([2H])CCCC([2H])([2H])[SiH2]1. The molecule has 1 saturated heterocycles. The van der Waals surface area contributed by atoms with Gasteiger partial charge < -0.3 is 0 Å². The second-order valence-corrected chi connectivity index (χ2v) is 2.88. The molecule has 0 amide bonds. The summed E-state index contributed by atoms with van der Waals surface area (Å²) in [5.41, 5.74) is 0. The monoisotopic (exact) mass is 104 g/mol. The van der Waals surface area contributed by atoms with Crippen molar-refractivity contribution < 1.29 is 5.48 Å². The molecule has 0 aromatic rings. The van der Waals surface area contributed by atoms with E-state index in [2.05, 4.69) is 0 Å². The average Bonchev–Trinajstić information content (AvgIpc) is 1.56. The van der Waals surface area contributed by atoms with E-state index in [4.69, 9.17) is 5.48 Å². The van der Waals surface area contributed by atoms with Gasteiger partial charge in [-0.25, -0.2) is 0 Å². The Labute approximate surface area is 47.4 Å². The number of rotatable bonds is 0. The van der Waals surface area contributed by atoms with E-state index in [0.29, 0.717) is 19.3 Å². The number of hydrogen-bond donors (Lipinski definition) is 0. The Morgan fingerprint density at radius 2 is 1.83 bits per heavy atom. The lowest BCUT2D eigenvalue weighted by atomic mass is 10.3. The Morgan fingerprint density at radius 1 is 1.17 bits per heavy atom. The van der Waals surface area contributed by atoms with Crippen LogP contribution in [0.1, 0.15) is 24.7 Å². The summed E-state index contributed by atoms with van der Waals surface area (Å²) in [6, 6.07) is 0.